The van der Waals surface area contributed by atoms with Crippen molar-refractivity contribution < 1.29 is 42.5 Å². The van der Waals surface area contributed by atoms with Crippen molar-refractivity contribution in [3.05, 3.63) is 53.1 Å². The van der Waals surface area contributed by atoms with Crippen molar-refractivity contribution in [3.8, 4) is 5.75 Å². The molecule has 0 saturated carbocycles. The Hall–Kier alpha value is -2.87. The van der Waals surface area contributed by atoms with Crippen LogP contribution in [0.2, 0.25) is 0 Å². The number of nitrogen functional groups attached to an aromatic ring is 1. The van der Waals surface area contributed by atoms with Gasteiger partial charge in [-0.05, 0) is 44.9 Å². The smallest absolute Gasteiger partial charge is 0.459 e. The summed E-state index contributed by atoms with van der Waals surface area (Å²) in [5.41, 5.74) is 2.15. The number of carbonyl (C=O) groups excluding carboxylic acids is 1. The van der Waals surface area contributed by atoms with Crippen molar-refractivity contribution in [2.75, 3.05) is 12.3 Å². The van der Waals surface area contributed by atoms with Gasteiger partial charge in [0.25, 0.3) is 5.85 Å². The average Bonchev–Trinajstić information content (AvgIpc) is 3.06. The number of esters is 1. The van der Waals surface area contributed by atoms with Crippen LogP contribution in [0.3, 0.4) is 0 Å². The molecule has 5 N–H and O–H groups in total. The van der Waals surface area contributed by atoms with Gasteiger partial charge in [0.05, 0.1) is 0 Å². The third kappa shape index (κ3) is 7.02. The zero-order chi connectivity index (χ0) is 29.0. The summed E-state index contributed by atoms with van der Waals surface area (Å²) in [6.45, 7) is 4.86. The first-order valence-electron chi connectivity index (χ1n) is 12.3. The summed E-state index contributed by atoms with van der Waals surface area (Å²) in [6.07, 6.45) is -2.15. The Labute approximate surface area is 224 Å². The Morgan fingerprint density at radius 3 is 2.54 bits per heavy atom. The number of alkyl halides is 1. The van der Waals surface area contributed by atoms with E-state index in [1.807, 2.05) is 13.8 Å². The lowest BCUT2D eigenvalue weighted by Gasteiger charge is -2.29. The molecule has 2 aromatic rings. The Balaban J connectivity index is 1.84. The number of nitrogens with one attached hydrogen (secondary N) is 1. The first kappa shape index (κ1) is 30.7. The summed E-state index contributed by atoms with van der Waals surface area (Å²) < 4.78 is 51.9. The molecule has 1 aromatic carbocycles. The number of anilines is 1. The summed E-state index contributed by atoms with van der Waals surface area (Å²) in [7, 11) is -4.54. The molecule has 1 fully saturated rings. The van der Waals surface area contributed by atoms with Gasteiger partial charge in [-0.15, -0.1) is 0 Å². The van der Waals surface area contributed by atoms with E-state index >= 15 is 4.39 Å². The average molecular weight is 573 g/mol. The summed E-state index contributed by atoms with van der Waals surface area (Å²) in [5, 5.41) is 23.9. The normalized spacial score (nSPS) is 27.2. The van der Waals surface area contributed by atoms with Crippen LogP contribution >= 0.6 is 7.75 Å². The molecule has 13 nitrogen and oxygen atoms in total. The van der Waals surface area contributed by atoms with Crippen molar-refractivity contribution in [1.82, 2.24) is 14.6 Å². The molecule has 0 amide bonds. The fraction of sp³-hybridized carbons (Fsp3) is 0.542. The third-order valence-corrected chi connectivity index (χ3v) is 7.80. The van der Waals surface area contributed by atoms with Crippen LogP contribution in [0.5, 0.6) is 5.75 Å². The molecule has 39 heavy (non-hydrogen) atoms. The number of hydrogen-bond donors (Lipinski definition) is 4. The molecule has 0 unspecified atom stereocenters. The number of aromatic nitrogens is 2. The molecule has 3 rings (SSSR count). The van der Waals surface area contributed by atoms with Crippen molar-refractivity contribution in [3.63, 3.8) is 0 Å². The number of benzene rings is 1. The minimum Gasteiger partial charge on any atom is -0.461 e. The second-order valence-corrected chi connectivity index (χ2v) is 11.0. The molecule has 15 heteroatoms. The van der Waals surface area contributed by atoms with Crippen molar-refractivity contribution in [1.29, 1.82) is 0 Å². The summed E-state index contributed by atoms with van der Waals surface area (Å²) >= 11 is 0. The van der Waals surface area contributed by atoms with E-state index in [1.165, 1.54) is 25.1 Å². The van der Waals surface area contributed by atoms with E-state index in [2.05, 4.69) is 10.1 Å². The lowest BCUT2D eigenvalue weighted by atomic mass is 9.95. The van der Waals surface area contributed by atoms with Gasteiger partial charge in [-0.25, -0.2) is 13.8 Å². The van der Waals surface area contributed by atoms with Crippen LogP contribution < -0.4 is 21.0 Å². The van der Waals surface area contributed by atoms with Gasteiger partial charge in [0, 0.05) is 6.20 Å². The number of nitrogens with zero attached hydrogens (tertiary/aromatic N) is 2. The molecule has 2 heterocycles. The number of aliphatic hydroxyl groups is 2. The van der Waals surface area contributed by atoms with Crippen LogP contribution in [0.25, 0.3) is 0 Å². The predicted octanol–water partition coefficient (Wildman–Crippen LogP) is 2.05. The van der Waals surface area contributed by atoms with Gasteiger partial charge in [0.2, 0.25) is 0 Å². The third-order valence-electron chi connectivity index (χ3n) is 6.17. The number of aliphatic hydroxyl groups excluding tert-OH is 1. The summed E-state index contributed by atoms with van der Waals surface area (Å²) in [4.78, 5) is 28.4. The van der Waals surface area contributed by atoms with E-state index in [1.54, 1.807) is 18.2 Å². The van der Waals surface area contributed by atoms with Gasteiger partial charge in [-0.2, -0.15) is 10.1 Å². The highest BCUT2D eigenvalue weighted by molar-refractivity contribution is 7.52. The SMILES string of the molecule is CCC(CC)OC(=O)[C@H](C)N[P@](=O)(OC[C@@]1(F)O[C@@H](n2ccc(N)nc2=O)[C@](C)(O)[C@@H]1O)Oc1ccccc1. The molecule has 0 aliphatic carbocycles. The molecular formula is C24H34FN4O9P. The van der Waals surface area contributed by atoms with Gasteiger partial charge in [0.15, 0.2) is 6.23 Å². The highest BCUT2D eigenvalue weighted by Gasteiger charge is 2.64. The first-order valence-corrected chi connectivity index (χ1v) is 13.9. The van der Waals surface area contributed by atoms with Crippen LogP contribution in [0.1, 0.15) is 46.8 Å². The van der Waals surface area contributed by atoms with Gasteiger partial charge >= 0.3 is 19.4 Å². The second-order valence-electron chi connectivity index (χ2n) is 9.33. The fourth-order valence-corrected chi connectivity index (χ4v) is 5.40. The molecule has 1 saturated heterocycles. The molecule has 1 aromatic heterocycles. The van der Waals surface area contributed by atoms with Gasteiger partial charge in [-0.1, -0.05) is 32.0 Å². The first-order chi connectivity index (χ1) is 18.2. The number of nitrogens with two attached hydrogens (primary N) is 1. The largest absolute Gasteiger partial charge is 0.461 e. The Morgan fingerprint density at radius 2 is 1.95 bits per heavy atom. The number of carbonyl (C=O) groups is 1. The molecule has 216 valence electrons. The zero-order valence-electron chi connectivity index (χ0n) is 22.0. The summed E-state index contributed by atoms with van der Waals surface area (Å²) in [6, 6.07) is 7.78. The molecule has 0 bridgehead atoms. The van der Waals surface area contributed by atoms with E-state index in [0.29, 0.717) is 12.8 Å². The number of hydrogen-bond acceptors (Lipinski definition) is 11. The minimum atomic E-state index is -4.54. The van der Waals surface area contributed by atoms with Crippen molar-refractivity contribution in [2.24, 2.45) is 0 Å². The second kappa shape index (κ2) is 12.1. The Bertz CT molecular complexity index is 1240. The lowest BCUT2D eigenvalue weighted by molar-refractivity contribution is -0.204. The summed E-state index contributed by atoms with van der Waals surface area (Å²) in [5.74, 6) is -3.97. The number of rotatable bonds is 12. The van der Waals surface area contributed by atoms with E-state index < -0.39 is 55.8 Å². The zero-order valence-corrected chi connectivity index (χ0v) is 22.9. The molecular weight excluding hydrogens is 538 g/mol. The quantitative estimate of drug-likeness (QED) is 0.215. The highest BCUT2D eigenvalue weighted by Crippen LogP contribution is 2.50. The van der Waals surface area contributed by atoms with Crippen LogP contribution in [0.15, 0.2) is 47.4 Å². The molecule has 1 aliphatic rings. The van der Waals surface area contributed by atoms with Gasteiger partial charge in [0.1, 0.15) is 42.0 Å². The van der Waals surface area contributed by atoms with Crippen LogP contribution in [-0.2, 0) is 23.4 Å². The van der Waals surface area contributed by atoms with E-state index in [-0.39, 0.29) is 17.7 Å². The highest BCUT2D eigenvalue weighted by atomic mass is 31.2. The number of ether oxygens (including phenoxy) is 2. The maximum atomic E-state index is 16.0. The monoisotopic (exact) mass is 572 g/mol. The van der Waals surface area contributed by atoms with Crippen molar-refractivity contribution >= 4 is 19.5 Å². The van der Waals surface area contributed by atoms with E-state index in [9.17, 15) is 24.4 Å². The molecule has 0 spiro atoms. The standard InChI is InChI=1S/C24H34FN4O9P/c1-5-16(6-2)36-19(30)15(3)28-39(34,38-17-10-8-7-9-11-17)35-14-24(25)20(31)23(4,33)21(37-24)29-13-12-18(26)27-22(29)32/h7-13,15-16,20-21,31,33H,5-6,14H2,1-4H3,(H,28,34)(H2,26,27,32)/t15-,20-,21+,23+,24+,39-/m0/s1. The molecule has 1 aliphatic heterocycles. The van der Waals surface area contributed by atoms with Crippen LogP contribution in [0.4, 0.5) is 10.2 Å². The van der Waals surface area contributed by atoms with Crippen LogP contribution in [-0.4, -0.2) is 62.0 Å². The maximum absolute atomic E-state index is 16.0. The Morgan fingerprint density at radius 1 is 1.31 bits per heavy atom. The maximum Gasteiger partial charge on any atom is 0.459 e. The van der Waals surface area contributed by atoms with Crippen molar-refractivity contribution in [2.45, 2.75) is 76.5 Å². The predicted molar refractivity (Wildman–Crippen MR) is 137 cm³/mol. The number of para-hydroxylation sites is 1. The number of halogens is 1. The molecule has 0 radical (unpaired) electrons. The minimum absolute atomic E-state index is 0.0686. The topological polar surface area (TPSA) is 184 Å². The molecule has 6 atom stereocenters. The fourth-order valence-electron chi connectivity index (χ4n) is 3.89. The van der Waals surface area contributed by atoms with Crippen LogP contribution in [0, 0.1) is 0 Å². The van der Waals surface area contributed by atoms with E-state index in [0.717, 1.165) is 17.7 Å². The van der Waals surface area contributed by atoms with Gasteiger partial charge < -0.3 is 29.9 Å². The van der Waals surface area contributed by atoms with E-state index in [4.69, 9.17) is 24.3 Å². The van der Waals surface area contributed by atoms with Gasteiger partial charge in [-0.3, -0.25) is 13.9 Å². The Kier molecular flexibility index (Phi) is 9.52. The lowest BCUT2D eigenvalue weighted by Crippen LogP contribution is -2.50.